The molecule has 3 nitrogen and oxygen atoms in total. The maximum Gasteiger partial charge on any atom is 0.250 e. The molecule has 0 N–H and O–H groups in total. The Morgan fingerprint density at radius 2 is 2.33 bits per heavy atom. The molecule has 0 aliphatic heterocycles. The number of thiazole rings is 1. The molecule has 0 amide bonds. The largest absolute Gasteiger partial charge is 0.470 e. The van der Waals surface area contributed by atoms with Crippen LogP contribution in [0, 0.1) is 12.7 Å². The van der Waals surface area contributed by atoms with E-state index in [9.17, 15) is 4.39 Å². The zero-order valence-electron chi connectivity index (χ0n) is 8.11. The third kappa shape index (κ3) is 2.50. The second-order valence-electron chi connectivity index (χ2n) is 3.06. The van der Waals surface area contributed by atoms with E-state index in [-0.39, 0.29) is 5.88 Å². The van der Waals surface area contributed by atoms with Gasteiger partial charge < -0.3 is 4.74 Å². The van der Waals surface area contributed by atoms with E-state index in [2.05, 4.69) is 9.97 Å². The van der Waals surface area contributed by atoms with E-state index >= 15 is 0 Å². The van der Waals surface area contributed by atoms with Crippen LogP contribution in [0.15, 0.2) is 24.0 Å². The summed E-state index contributed by atoms with van der Waals surface area (Å²) in [6.07, 6.45) is 3.27. The molecule has 2 rings (SSSR count). The summed E-state index contributed by atoms with van der Waals surface area (Å²) in [6.45, 7) is 2.08. The van der Waals surface area contributed by atoms with E-state index < -0.39 is 5.82 Å². The van der Waals surface area contributed by atoms with Crippen molar-refractivity contribution in [1.29, 1.82) is 0 Å². The predicted molar refractivity (Wildman–Crippen MR) is 55.4 cm³/mol. The molecule has 0 radical (unpaired) electrons. The van der Waals surface area contributed by atoms with Gasteiger partial charge in [0.1, 0.15) is 6.61 Å². The van der Waals surface area contributed by atoms with Crippen molar-refractivity contribution in [2.45, 2.75) is 13.5 Å². The van der Waals surface area contributed by atoms with Gasteiger partial charge in [-0.05, 0) is 18.6 Å². The standard InChI is InChI=1S/C10H9FN2OS/c1-7-2-9(11)10(13-3-7)14-5-8-4-12-6-15-8/h2-4,6H,5H2,1H3. The van der Waals surface area contributed by atoms with E-state index in [0.29, 0.717) is 6.61 Å². The lowest BCUT2D eigenvalue weighted by Crippen LogP contribution is -1.98. The van der Waals surface area contributed by atoms with Gasteiger partial charge in [0, 0.05) is 12.4 Å². The molecule has 5 heteroatoms. The highest BCUT2D eigenvalue weighted by Gasteiger charge is 2.05. The summed E-state index contributed by atoms with van der Waals surface area (Å²) in [6, 6.07) is 1.40. The van der Waals surface area contributed by atoms with Crippen molar-refractivity contribution in [3.05, 3.63) is 40.2 Å². The van der Waals surface area contributed by atoms with Crippen molar-refractivity contribution in [3.8, 4) is 5.88 Å². The molecule has 0 aliphatic carbocycles. The lowest BCUT2D eigenvalue weighted by atomic mass is 10.3. The maximum atomic E-state index is 13.3. The van der Waals surface area contributed by atoms with Crippen LogP contribution >= 0.6 is 11.3 Å². The fourth-order valence-electron chi connectivity index (χ4n) is 1.08. The molecule has 0 saturated carbocycles. The Kier molecular flexibility index (Phi) is 2.91. The zero-order chi connectivity index (χ0) is 10.7. The minimum Gasteiger partial charge on any atom is -0.470 e. The summed E-state index contributed by atoms with van der Waals surface area (Å²) in [5, 5.41) is 0. The summed E-state index contributed by atoms with van der Waals surface area (Å²) >= 11 is 1.46. The topological polar surface area (TPSA) is 35.0 Å². The molecule has 0 aliphatic rings. The number of hydrogen-bond donors (Lipinski definition) is 0. The molecule has 0 fully saturated rings. The summed E-state index contributed by atoms with van der Waals surface area (Å²) in [7, 11) is 0. The highest BCUT2D eigenvalue weighted by atomic mass is 32.1. The summed E-state index contributed by atoms with van der Waals surface area (Å²) < 4.78 is 18.5. The second kappa shape index (κ2) is 4.35. The van der Waals surface area contributed by atoms with Crippen molar-refractivity contribution < 1.29 is 9.13 Å². The number of rotatable bonds is 3. The highest BCUT2D eigenvalue weighted by Crippen LogP contribution is 2.16. The molecule has 0 spiro atoms. The van der Waals surface area contributed by atoms with E-state index in [0.717, 1.165) is 10.4 Å². The highest BCUT2D eigenvalue weighted by molar-refractivity contribution is 7.09. The molecule has 2 heterocycles. The van der Waals surface area contributed by atoms with Crippen LogP contribution in [-0.2, 0) is 6.61 Å². The van der Waals surface area contributed by atoms with Crippen LogP contribution in [0.2, 0.25) is 0 Å². The van der Waals surface area contributed by atoms with Gasteiger partial charge in [-0.3, -0.25) is 4.98 Å². The first-order valence-corrected chi connectivity index (χ1v) is 5.26. The minimum absolute atomic E-state index is 0.0361. The van der Waals surface area contributed by atoms with Gasteiger partial charge in [0.25, 0.3) is 5.88 Å². The molecule has 0 unspecified atom stereocenters. The van der Waals surface area contributed by atoms with E-state index in [1.165, 1.54) is 17.4 Å². The van der Waals surface area contributed by atoms with Crippen molar-refractivity contribution in [1.82, 2.24) is 9.97 Å². The fraction of sp³-hybridized carbons (Fsp3) is 0.200. The van der Waals surface area contributed by atoms with Crippen molar-refractivity contribution >= 4 is 11.3 Å². The van der Waals surface area contributed by atoms with Crippen LogP contribution in [0.25, 0.3) is 0 Å². The summed E-state index contributed by atoms with van der Waals surface area (Å²) in [5.41, 5.74) is 2.48. The molecule has 0 aromatic carbocycles. The number of aromatic nitrogens is 2. The Balaban J connectivity index is 2.05. The first-order chi connectivity index (χ1) is 7.25. The molecule has 0 atom stereocenters. The van der Waals surface area contributed by atoms with Gasteiger partial charge >= 0.3 is 0 Å². The Hall–Kier alpha value is -1.49. The third-order valence-corrected chi connectivity index (χ3v) is 2.53. The normalized spacial score (nSPS) is 10.3. The molecule has 78 valence electrons. The summed E-state index contributed by atoms with van der Waals surface area (Å²) in [4.78, 5) is 8.70. The van der Waals surface area contributed by atoms with E-state index in [4.69, 9.17) is 4.74 Å². The van der Waals surface area contributed by atoms with Gasteiger partial charge in [0.05, 0.1) is 10.4 Å². The minimum atomic E-state index is -0.431. The number of nitrogens with zero attached hydrogens (tertiary/aromatic N) is 2. The van der Waals surface area contributed by atoms with E-state index in [1.807, 2.05) is 0 Å². The molecule has 2 aromatic rings. The zero-order valence-corrected chi connectivity index (χ0v) is 8.92. The molecule has 0 bridgehead atoms. The first kappa shape index (κ1) is 10.0. The van der Waals surface area contributed by atoms with Gasteiger partial charge in [-0.15, -0.1) is 11.3 Å². The van der Waals surface area contributed by atoms with E-state index in [1.54, 1.807) is 24.8 Å². The Labute approximate surface area is 90.6 Å². The van der Waals surface area contributed by atoms with Gasteiger partial charge in [-0.25, -0.2) is 9.37 Å². The molecular formula is C10H9FN2OS. The predicted octanol–water partition coefficient (Wildman–Crippen LogP) is 2.56. The number of aryl methyl sites for hydroxylation is 1. The quantitative estimate of drug-likeness (QED) is 0.803. The monoisotopic (exact) mass is 224 g/mol. The number of halogens is 1. The Morgan fingerprint density at radius 3 is 3.00 bits per heavy atom. The van der Waals surface area contributed by atoms with Crippen molar-refractivity contribution in [2.24, 2.45) is 0 Å². The lowest BCUT2D eigenvalue weighted by molar-refractivity contribution is 0.280. The maximum absolute atomic E-state index is 13.3. The average Bonchev–Trinajstić information content (AvgIpc) is 2.69. The van der Waals surface area contributed by atoms with Gasteiger partial charge in [-0.2, -0.15) is 0 Å². The second-order valence-corrected chi connectivity index (χ2v) is 4.03. The smallest absolute Gasteiger partial charge is 0.250 e. The third-order valence-electron chi connectivity index (χ3n) is 1.78. The number of hydrogen-bond acceptors (Lipinski definition) is 4. The SMILES string of the molecule is Cc1cnc(OCc2cncs2)c(F)c1. The van der Waals surface area contributed by atoms with Crippen molar-refractivity contribution in [3.63, 3.8) is 0 Å². The molecular weight excluding hydrogens is 215 g/mol. The Bertz CT molecular complexity index is 445. The first-order valence-electron chi connectivity index (χ1n) is 4.38. The van der Waals surface area contributed by atoms with Gasteiger partial charge in [0.2, 0.25) is 0 Å². The van der Waals surface area contributed by atoms with Crippen molar-refractivity contribution in [2.75, 3.05) is 0 Å². The van der Waals surface area contributed by atoms with Crippen LogP contribution in [0.1, 0.15) is 10.4 Å². The Morgan fingerprint density at radius 1 is 1.47 bits per heavy atom. The number of pyridine rings is 1. The number of ether oxygens (including phenoxy) is 1. The van der Waals surface area contributed by atoms with Crippen LogP contribution in [0.3, 0.4) is 0 Å². The average molecular weight is 224 g/mol. The summed E-state index contributed by atoms with van der Waals surface area (Å²) in [5.74, 6) is -0.395. The molecule has 0 saturated heterocycles. The van der Waals surface area contributed by atoms with Gasteiger partial charge in [0.15, 0.2) is 5.82 Å². The fourth-order valence-corrected chi connectivity index (χ4v) is 1.59. The van der Waals surface area contributed by atoms with Crippen LogP contribution in [0.4, 0.5) is 4.39 Å². The van der Waals surface area contributed by atoms with Crippen LogP contribution in [-0.4, -0.2) is 9.97 Å². The molecule has 15 heavy (non-hydrogen) atoms. The van der Waals surface area contributed by atoms with Crippen LogP contribution in [0.5, 0.6) is 5.88 Å². The lowest BCUT2D eigenvalue weighted by Gasteiger charge is -2.04. The molecule has 2 aromatic heterocycles. The van der Waals surface area contributed by atoms with Gasteiger partial charge in [-0.1, -0.05) is 0 Å². The van der Waals surface area contributed by atoms with Crippen LogP contribution < -0.4 is 4.74 Å².